The summed E-state index contributed by atoms with van der Waals surface area (Å²) in [5, 5.41) is 11.6. The van der Waals surface area contributed by atoms with Gasteiger partial charge < -0.3 is 0 Å². The average molecular weight is 122 g/mol. The minimum absolute atomic E-state index is 0.0231. The predicted molar refractivity (Wildman–Crippen MR) is 35.7 cm³/mol. The van der Waals surface area contributed by atoms with Gasteiger partial charge in [0.15, 0.2) is 0 Å². The molecule has 2 atom stereocenters. The van der Waals surface area contributed by atoms with Gasteiger partial charge in [0.1, 0.15) is 6.04 Å². The van der Waals surface area contributed by atoms with E-state index in [2.05, 4.69) is 23.5 Å². The lowest BCUT2D eigenvalue weighted by atomic mass is 10.0. The second-order valence-corrected chi connectivity index (χ2v) is 2.30. The highest BCUT2D eigenvalue weighted by molar-refractivity contribution is 5.07. The van der Waals surface area contributed by atoms with Gasteiger partial charge >= 0.3 is 0 Å². The number of hydrogen-bond donors (Lipinski definition) is 1. The van der Waals surface area contributed by atoms with Crippen molar-refractivity contribution in [3.63, 3.8) is 0 Å². The molecule has 9 heavy (non-hydrogen) atoms. The third kappa shape index (κ3) is 1.30. The van der Waals surface area contributed by atoms with Crippen LogP contribution in [0.4, 0.5) is 0 Å². The van der Waals surface area contributed by atoms with E-state index in [4.69, 9.17) is 5.26 Å². The average Bonchev–Trinajstić information content (AvgIpc) is 1.89. The van der Waals surface area contributed by atoms with Crippen LogP contribution in [0.5, 0.6) is 0 Å². The predicted octanol–water partition coefficient (Wildman–Crippen LogP) is 0.674. The van der Waals surface area contributed by atoms with E-state index >= 15 is 0 Å². The number of rotatable bonds is 0. The fraction of sp³-hybridized carbons (Fsp3) is 0.571. The third-order valence-corrected chi connectivity index (χ3v) is 1.56. The van der Waals surface area contributed by atoms with E-state index in [-0.39, 0.29) is 6.04 Å². The number of nitrogens with one attached hydrogen (secondary N) is 1. The van der Waals surface area contributed by atoms with Crippen molar-refractivity contribution in [2.75, 3.05) is 6.54 Å². The Morgan fingerprint density at radius 3 is 3.00 bits per heavy atom. The molecule has 0 radical (unpaired) electrons. The number of nitrogens with zero attached hydrogens (tertiary/aromatic N) is 1. The molecule has 48 valence electrons. The Hall–Kier alpha value is -0.810. The van der Waals surface area contributed by atoms with Gasteiger partial charge in [0, 0.05) is 12.5 Å². The Morgan fingerprint density at radius 1 is 1.78 bits per heavy atom. The second-order valence-electron chi connectivity index (χ2n) is 2.30. The maximum atomic E-state index is 8.52. The highest BCUT2D eigenvalue weighted by Crippen LogP contribution is 2.06. The van der Waals surface area contributed by atoms with Crippen molar-refractivity contribution in [3.05, 3.63) is 12.2 Å². The van der Waals surface area contributed by atoms with E-state index in [1.54, 1.807) is 0 Å². The first-order valence-electron chi connectivity index (χ1n) is 3.14. The molecule has 0 saturated heterocycles. The molecule has 0 aromatic heterocycles. The molecule has 0 bridgehead atoms. The molecule has 0 aromatic carbocycles. The van der Waals surface area contributed by atoms with Crippen molar-refractivity contribution in [2.24, 2.45) is 5.92 Å². The Kier molecular flexibility index (Phi) is 1.86. The summed E-state index contributed by atoms with van der Waals surface area (Å²) in [7, 11) is 0. The molecule has 1 aliphatic rings. The zero-order chi connectivity index (χ0) is 6.69. The van der Waals surface area contributed by atoms with Crippen molar-refractivity contribution in [3.8, 4) is 6.07 Å². The molecule has 2 heteroatoms. The van der Waals surface area contributed by atoms with Crippen LogP contribution in [0, 0.1) is 17.2 Å². The van der Waals surface area contributed by atoms with Gasteiger partial charge in [0.2, 0.25) is 0 Å². The highest BCUT2D eigenvalue weighted by Gasteiger charge is 2.14. The molecule has 2 nitrogen and oxygen atoms in total. The van der Waals surface area contributed by atoms with Crippen LogP contribution in [0.2, 0.25) is 0 Å². The standard InChI is InChI=1S/C7H10N2/c1-6-3-2-4-9-7(6)5-8/h2-3,6-7,9H,4H2,1H3. The number of nitriles is 1. The topological polar surface area (TPSA) is 35.8 Å². The normalized spacial score (nSPS) is 33.8. The van der Waals surface area contributed by atoms with Crippen LogP contribution in [0.25, 0.3) is 0 Å². The molecule has 0 aromatic rings. The molecule has 0 spiro atoms. The highest BCUT2D eigenvalue weighted by atomic mass is 14.9. The molecule has 0 saturated carbocycles. The largest absolute Gasteiger partial charge is 0.298 e. The SMILES string of the molecule is CC1C=CCNC1C#N. The molecule has 0 fully saturated rings. The minimum atomic E-state index is 0.0231. The van der Waals surface area contributed by atoms with Gasteiger partial charge in [-0.05, 0) is 0 Å². The smallest absolute Gasteiger partial charge is 0.102 e. The van der Waals surface area contributed by atoms with Gasteiger partial charge in [0.25, 0.3) is 0 Å². The maximum Gasteiger partial charge on any atom is 0.102 e. The van der Waals surface area contributed by atoms with Crippen LogP contribution in [0.1, 0.15) is 6.92 Å². The summed E-state index contributed by atoms with van der Waals surface area (Å²) in [6, 6.07) is 2.21. The van der Waals surface area contributed by atoms with Gasteiger partial charge in [0.05, 0.1) is 6.07 Å². The lowest BCUT2D eigenvalue weighted by Gasteiger charge is -2.18. The van der Waals surface area contributed by atoms with Gasteiger partial charge in [-0.2, -0.15) is 5.26 Å². The van der Waals surface area contributed by atoms with Gasteiger partial charge in [-0.15, -0.1) is 0 Å². The van der Waals surface area contributed by atoms with Crippen LogP contribution < -0.4 is 5.32 Å². The molecule has 0 aliphatic carbocycles. The Morgan fingerprint density at radius 2 is 2.56 bits per heavy atom. The second kappa shape index (κ2) is 2.65. The molecule has 2 unspecified atom stereocenters. The molecule has 1 rings (SSSR count). The summed E-state index contributed by atoms with van der Waals surface area (Å²) in [6.07, 6.45) is 4.13. The van der Waals surface area contributed by atoms with E-state index in [0.29, 0.717) is 5.92 Å². The molecular weight excluding hydrogens is 112 g/mol. The van der Waals surface area contributed by atoms with Crippen LogP contribution >= 0.6 is 0 Å². The fourth-order valence-corrected chi connectivity index (χ4v) is 0.938. The van der Waals surface area contributed by atoms with Crippen molar-refractivity contribution >= 4 is 0 Å². The Labute approximate surface area is 55.2 Å². The van der Waals surface area contributed by atoms with E-state index in [1.165, 1.54) is 0 Å². The minimum Gasteiger partial charge on any atom is -0.298 e. The fourth-order valence-electron chi connectivity index (χ4n) is 0.938. The molecule has 1 heterocycles. The maximum absolute atomic E-state index is 8.52. The zero-order valence-corrected chi connectivity index (χ0v) is 5.46. The van der Waals surface area contributed by atoms with Crippen LogP contribution in [-0.4, -0.2) is 12.6 Å². The number of hydrogen-bond acceptors (Lipinski definition) is 2. The lowest BCUT2D eigenvalue weighted by Crippen LogP contribution is -2.35. The Bertz CT molecular complexity index is 155. The summed E-state index contributed by atoms with van der Waals surface area (Å²) in [4.78, 5) is 0. The van der Waals surface area contributed by atoms with Crippen LogP contribution in [0.3, 0.4) is 0 Å². The molecular formula is C7H10N2. The Balaban J connectivity index is 2.57. The molecule has 1 aliphatic heterocycles. The summed E-state index contributed by atoms with van der Waals surface area (Å²) < 4.78 is 0. The van der Waals surface area contributed by atoms with Crippen molar-refractivity contribution in [1.29, 1.82) is 5.26 Å². The quantitative estimate of drug-likeness (QED) is 0.479. The first-order valence-corrected chi connectivity index (χ1v) is 3.14. The van der Waals surface area contributed by atoms with E-state index in [9.17, 15) is 0 Å². The van der Waals surface area contributed by atoms with Gasteiger partial charge in [-0.1, -0.05) is 19.1 Å². The first-order chi connectivity index (χ1) is 4.34. The molecule has 1 N–H and O–H groups in total. The van der Waals surface area contributed by atoms with Crippen molar-refractivity contribution < 1.29 is 0 Å². The van der Waals surface area contributed by atoms with E-state index in [1.807, 2.05) is 6.92 Å². The van der Waals surface area contributed by atoms with E-state index < -0.39 is 0 Å². The summed E-state index contributed by atoms with van der Waals surface area (Å²) in [6.45, 7) is 2.87. The zero-order valence-electron chi connectivity index (χ0n) is 5.46. The van der Waals surface area contributed by atoms with Crippen LogP contribution in [0.15, 0.2) is 12.2 Å². The monoisotopic (exact) mass is 122 g/mol. The molecule has 0 amide bonds. The summed E-state index contributed by atoms with van der Waals surface area (Å²) in [5.74, 6) is 0.365. The van der Waals surface area contributed by atoms with Gasteiger partial charge in [-0.25, -0.2) is 0 Å². The lowest BCUT2D eigenvalue weighted by molar-refractivity contribution is 0.512. The van der Waals surface area contributed by atoms with Crippen molar-refractivity contribution in [1.82, 2.24) is 5.32 Å². The van der Waals surface area contributed by atoms with Gasteiger partial charge in [-0.3, -0.25) is 5.32 Å². The first kappa shape index (κ1) is 6.31. The van der Waals surface area contributed by atoms with Crippen molar-refractivity contribution in [2.45, 2.75) is 13.0 Å². The van der Waals surface area contributed by atoms with E-state index in [0.717, 1.165) is 6.54 Å². The third-order valence-electron chi connectivity index (χ3n) is 1.56. The van der Waals surface area contributed by atoms with Crippen LogP contribution in [-0.2, 0) is 0 Å². The summed E-state index contributed by atoms with van der Waals surface area (Å²) >= 11 is 0. The summed E-state index contributed by atoms with van der Waals surface area (Å²) in [5.41, 5.74) is 0.